The van der Waals surface area contributed by atoms with Crippen molar-refractivity contribution in [1.82, 2.24) is 19.1 Å². The Morgan fingerprint density at radius 2 is 1.31 bits per heavy atom. The predicted molar refractivity (Wildman–Crippen MR) is 120 cm³/mol. The first-order chi connectivity index (χ1) is 15.1. The second kappa shape index (κ2) is 9.04. The molecule has 0 spiro atoms. The molecule has 0 radical (unpaired) electrons. The van der Waals surface area contributed by atoms with Gasteiger partial charge in [-0.05, 0) is 18.1 Å². The standard InChI is InChI=1S/C19H19N5O6S2/c1-22-16(27)12(14(25)20-18(22)31-3)11(9-5-7-10(8-6-9)24(29)30)13-15(26)21-19(32-4)23(2)17(13)28/h5-8,11,25-26H,1-4H3. The number of aromatic hydroxyl groups is 2. The Kier molecular flexibility index (Phi) is 6.60. The summed E-state index contributed by atoms with van der Waals surface area (Å²) >= 11 is 2.28. The van der Waals surface area contributed by atoms with Crippen LogP contribution in [-0.2, 0) is 14.1 Å². The van der Waals surface area contributed by atoms with Gasteiger partial charge in [0.15, 0.2) is 10.3 Å². The number of thioether (sulfide) groups is 2. The van der Waals surface area contributed by atoms with Crippen molar-refractivity contribution in [2.24, 2.45) is 14.1 Å². The summed E-state index contributed by atoms with van der Waals surface area (Å²) in [6.45, 7) is 0. The van der Waals surface area contributed by atoms with Gasteiger partial charge in [0.1, 0.15) is 0 Å². The van der Waals surface area contributed by atoms with E-state index in [4.69, 9.17) is 0 Å². The number of nitro benzene ring substituents is 1. The van der Waals surface area contributed by atoms with Gasteiger partial charge in [0.05, 0.1) is 22.0 Å². The molecule has 1 aromatic carbocycles. The average molecular weight is 478 g/mol. The summed E-state index contributed by atoms with van der Waals surface area (Å²) in [5.74, 6) is -2.51. The normalized spacial score (nSPS) is 11.2. The van der Waals surface area contributed by atoms with Crippen LogP contribution in [0.3, 0.4) is 0 Å². The molecule has 2 heterocycles. The first-order valence-corrected chi connectivity index (χ1v) is 11.5. The molecule has 0 atom stereocenters. The lowest BCUT2D eigenvalue weighted by molar-refractivity contribution is -0.384. The fraction of sp³-hybridized carbons (Fsp3) is 0.263. The Hall–Kier alpha value is -3.32. The lowest BCUT2D eigenvalue weighted by Crippen LogP contribution is -2.31. The third-order valence-corrected chi connectivity index (χ3v) is 6.37. The van der Waals surface area contributed by atoms with E-state index in [0.717, 1.165) is 23.5 Å². The van der Waals surface area contributed by atoms with Gasteiger partial charge in [0, 0.05) is 26.2 Å². The highest BCUT2D eigenvalue weighted by Crippen LogP contribution is 2.37. The van der Waals surface area contributed by atoms with E-state index >= 15 is 0 Å². The van der Waals surface area contributed by atoms with Crippen LogP contribution in [0.15, 0.2) is 44.2 Å². The van der Waals surface area contributed by atoms with E-state index in [9.17, 15) is 29.9 Å². The van der Waals surface area contributed by atoms with E-state index in [1.54, 1.807) is 12.5 Å². The molecule has 0 aliphatic carbocycles. The summed E-state index contributed by atoms with van der Waals surface area (Å²) in [6, 6.07) is 5.12. The fourth-order valence-corrected chi connectivity index (χ4v) is 4.38. The molecule has 0 amide bonds. The molecule has 0 aliphatic heterocycles. The van der Waals surface area contributed by atoms with E-state index < -0.39 is 33.7 Å². The molecule has 3 aromatic rings. The van der Waals surface area contributed by atoms with Crippen molar-refractivity contribution in [2.45, 2.75) is 16.2 Å². The molecular weight excluding hydrogens is 458 g/mol. The van der Waals surface area contributed by atoms with Gasteiger partial charge in [-0.15, -0.1) is 0 Å². The molecule has 0 aliphatic rings. The number of hydrogen-bond donors (Lipinski definition) is 2. The number of hydrogen-bond acceptors (Lipinski definition) is 10. The molecule has 13 heteroatoms. The number of aromatic nitrogens is 4. The van der Waals surface area contributed by atoms with E-state index in [2.05, 4.69) is 9.97 Å². The minimum absolute atomic E-state index is 0.200. The first kappa shape index (κ1) is 23.3. The zero-order chi connectivity index (χ0) is 23.7. The number of non-ortho nitro benzene ring substituents is 1. The molecule has 0 saturated heterocycles. The summed E-state index contributed by atoms with van der Waals surface area (Å²) in [4.78, 5) is 44.9. The monoisotopic (exact) mass is 477 g/mol. The van der Waals surface area contributed by atoms with Crippen molar-refractivity contribution >= 4 is 29.2 Å². The minimum atomic E-state index is -1.28. The van der Waals surface area contributed by atoms with Gasteiger partial charge >= 0.3 is 0 Å². The molecule has 32 heavy (non-hydrogen) atoms. The maximum atomic E-state index is 13.2. The molecule has 3 rings (SSSR count). The predicted octanol–water partition coefficient (Wildman–Crippen LogP) is 1.82. The number of benzene rings is 1. The van der Waals surface area contributed by atoms with Crippen molar-refractivity contribution in [1.29, 1.82) is 0 Å². The highest BCUT2D eigenvalue weighted by molar-refractivity contribution is 7.98. The summed E-state index contributed by atoms with van der Waals surface area (Å²) in [5, 5.41) is 32.9. The van der Waals surface area contributed by atoms with Crippen molar-refractivity contribution in [2.75, 3.05) is 12.5 Å². The van der Waals surface area contributed by atoms with Crippen LogP contribution in [0.1, 0.15) is 22.6 Å². The Balaban J connectivity index is 2.42. The Morgan fingerprint density at radius 1 is 0.906 bits per heavy atom. The van der Waals surface area contributed by atoms with Crippen molar-refractivity contribution < 1.29 is 15.1 Å². The third kappa shape index (κ3) is 3.96. The van der Waals surface area contributed by atoms with Crippen molar-refractivity contribution in [3.8, 4) is 11.8 Å². The molecule has 0 bridgehead atoms. The second-order valence-corrected chi connectivity index (χ2v) is 8.23. The SMILES string of the molecule is CSc1nc(O)c(C(c2ccc([N+](=O)[O-])cc2)c2c(O)nc(SC)n(C)c2=O)c(=O)n1C. The van der Waals surface area contributed by atoms with Crippen LogP contribution in [0, 0.1) is 10.1 Å². The van der Waals surface area contributed by atoms with Crippen LogP contribution < -0.4 is 11.1 Å². The Morgan fingerprint density at radius 3 is 1.66 bits per heavy atom. The van der Waals surface area contributed by atoms with Crippen LogP contribution in [0.5, 0.6) is 11.8 Å². The first-order valence-electron chi connectivity index (χ1n) is 9.04. The Labute approximate surface area is 189 Å². The Bertz CT molecular complexity index is 1250. The quantitative estimate of drug-likeness (QED) is 0.232. The van der Waals surface area contributed by atoms with E-state index in [1.165, 1.54) is 47.5 Å². The average Bonchev–Trinajstić information content (AvgIpc) is 2.77. The van der Waals surface area contributed by atoms with Crippen LogP contribution in [0.25, 0.3) is 0 Å². The number of rotatable bonds is 6. The highest BCUT2D eigenvalue weighted by Gasteiger charge is 2.32. The molecule has 2 aromatic heterocycles. The van der Waals surface area contributed by atoms with Crippen LogP contribution in [0.2, 0.25) is 0 Å². The van der Waals surface area contributed by atoms with Gasteiger partial charge in [-0.25, -0.2) is 0 Å². The van der Waals surface area contributed by atoms with Crippen LogP contribution >= 0.6 is 23.5 Å². The van der Waals surface area contributed by atoms with Gasteiger partial charge in [-0.3, -0.25) is 28.8 Å². The third-order valence-electron chi connectivity index (χ3n) is 4.91. The maximum Gasteiger partial charge on any atom is 0.269 e. The molecule has 0 unspecified atom stereocenters. The zero-order valence-corrected chi connectivity index (χ0v) is 19.1. The van der Waals surface area contributed by atoms with E-state index in [-0.39, 0.29) is 32.7 Å². The molecule has 0 saturated carbocycles. The largest absolute Gasteiger partial charge is 0.493 e. The molecule has 11 nitrogen and oxygen atoms in total. The van der Waals surface area contributed by atoms with Crippen molar-refractivity contribution in [3.05, 3.63) is 71.8 Å². The van der Waals surface area contributed by atoms with Gasteiger partial charge in [-0.2, -0.15) is 9.97 Å². The lowest BCUT2D eigenvalue weighted by Gasteiger charge is -2.21. The van der Waals surface area contributed by atoms with Gasteiger partial charge < -0.3 is 10.2 Å². The van der Waals surface area contributed by atoms with Gasteiger partial charge in [-0.1, -0.05) is 35.7 Å². The number of nitro groups is 1. The van der Waals surface area contributed by atoms with Crippen LogP contribution in [-0.4, -0.2) is 46.8 Å². The zero-order valence-electron chi connectivity index (χ0n) is 17.5. The smallest absolute Gasteiger partial charge is 0.269 e. The van der Waals surface area contributed by atoms with Gasteiger partial charge in [0.2, 0.25) is 11.8 Å². The minimum Gasteiger partial charge on any atom is -0.493 e. The topological polar surface area (TPSA) is 153 Å². The summed E-state index contributed by atoms with van der Waals surface area (Å²) in [5.41, 5.74) is -1.74. The molecule has 0 fully saturated rings. The summed E-state index contributed by atoms with van der Waals surface area (Å²) in [7, 11) is 2.92. The van der Waals surface area contributed by atoms with Crippen molar-refractivity contribution in [3.63, 3.8) is 0 Å². The van der Waals surface area contributed by atoms with E-state index in [1.807, 2.05) is 0 Å². The maximum absolute atomic E-state index is 13.2. The lowest BCUT2D eigenvalue weighted by atomic mass is 9.86. The van der Waals surface area contributed by atoms with Crippen LogP contribution in [0.4, 0.5) is 5.69 Å². The molecular formula is C19H19N5O6S2. The molecule has 168 valence electrons. The fourth-order valence-electron chi connectivity index (χ4n) is 3.31. The second-order valence-electron chi connectivity index (χ2n) is 6.68. The highest BCUT2D eigenvalue weighted by atomic mass is 32.2. The summed E-state index contributed by atoms with van der Waals surface area (Å²) < 4.78 is 2.42. The van der Waals surface area contributed by atoms with E-state index in [0.29, 0.717) is 0 Å². The molecule has 2 N–H and O–H groups in total. The summed E-state index contributed by atoms with van der Waals surface area (Å²) in [6.07, 6.45) is 3.36. The van der Waals surface area contributed by atoms with Gasteiger partial charge in [0.25, 0.3) is 16.8 Å². The number of nitrogens with zero attached hydrogens (tertiary/aromatic N) is 5.